The number of aryl methyl sites for hydroxylation is 1. The van der Waals surface area contributed by atoms with Gasteiger partial charge in [-0.1, -0.05) is 42.1 Å². The molecule has 2 heterocycles. The quantitative estimate of drug-likeness (QED) is 0.394. The molecule has 0 N–H and O–H groups in total. The highest BCUT2D eigenvalue weighted by molar-refractivity contribution is 7.98. The van der Waals surface area contributed by atoms with Gasteiger partial charge in [0.25, 0.3) is 0 Å². The van der Waals surface area contributed by atoms with Crippen LogP contribution in [0, 0.1) is 0 Å². The minimum atomic E-state index is -3.50. The fraction of sp³-hybridized carbons (Fsp3) is 0.273. The highest BCUT2D eigenvalue weighted by Gasteiger charge is 2.20. The van der Waals surface area contributed by atoms with Crippen molar-refractivity contribution in [1.29, 1.82) is 0 Å². The molecule has 0 fully saturated rings. The Morgan fingerprint density at radius 3 is 2.52 bits per heavy atom. The van der Waals surface area contributed by atoms with Crippen LogP contribution in [0.5, 0.6) is 0 Å². The molecule has 7 nitrogen and oxygen atoms in total. The first-order valence-electron chi connectivity index (χ1n) is 9.94. The zero-order chi connectivity index (χ0) is 22.2. The molecule has 0 saturated heterocycles. The summed E-state index contributed by atoms with van der Waals surface area (Å²) in [4.78, 5) is 9.59. The van der Waals surface area contributed by atoms with Crippen LogP contribution >= 0.6 is 11.8 Å². The standard InChI is InChI=1S/C22H25N5O2S2/c1-5-27-19-12-11-17(31(28,29)25(2)3)13-18(19)24-21(27)15-30-22-23-14-20(26(22)4)16-9-7-6-8-10-16/h6-14H,5,15H2,1-4H3. The molecule has 2 aromatic heterocycles. The SMILES string of the molecule is CCn1c(CSc2ncc(-c3ccccc3)n2C)nc2cc(S(=O)(=O)N(C)C)ccc21. The zero-order valence-electron chi connectivity index (χ0n) is 18.0. The summed E-state index contributed by atoms with van der Waals surface area (Å²) < 4.78 is 30.4. The van der Waals surface area contributed by atoms with Crippen molar-refractivity contribution in [2.45, 2.75) is 29.3 Å². The lowest BCUT2D eigenvalue weighted by Gasteiger charge is -2.11. The molecule has 9 heteroatoms. The summed E-state index contributed by atoms with van der Waals surface area (Å²) in [6, 6.07) is 15.3. The molecule has 162 valence electrons. The first kappa shape index (κ1) is 21.6. The zero-order valence-corrected chi connectivity index (χ0v) is 19.6. The van der Waals surface area contributed by atoms with Crippen LogP contribution in [-0.4, -0.2) is 45.9 Å². The van der Waals surface area contributed by atoms with E-state index in [0.717, 1.165) is 34.3 Å². The predicted octanol–water partition coefficient (Wildman–Crippen LogP) is 4.00. The lowest BCUT2D eigenvalue weighted by atomic mass is 10.2. The number of sulfonamides is 1. The Kier molecular flexibility index (Phi) is 5.92. The third-order valence-corrected chi connectivity index (χ3v) is 8.09. The van der Waals surface area contributed by atoms with Gasteiger partial charge in [-0.3, -0.25) is 0 Å². The third-order valence-electron chi connectivity index (χ3n) is 5.24. The molecule has 4 rings (SSSR count). The molecule has 31 heavy (non-hydrogen) atoms. The van der Waals surface area contributed by atoms with Crippen molar-refractivity contribution in [2.24, 2.45) is 7.05 Å². The molecule has 0 bridgehead atoms. The summed E-state index contributed by atoms with van der Waals surface area (Å²) in [7, 11) is 1.58. The van der Waals surface area contributed by atoms with Crippen molar-refractivity contribution in [2.75, 3.05) is 14.1 Å². The Morgan fingerprint density at radius 1 is 1.10 bits per heavy atom. The van der Waals surface area contributed by atoms with Gasteiger partial charge in [0.2, 0.25) is 10.0 Å². The first-order chi connectivity index (χ1) is 14.8. The Morgan fingerprint density at radius 2 is 1.84 bits per heavy atom. The fourth-order valence-corrected chi connectivity index (χ4v) is 5.35. The molecule has 0 atom stereocenters. The van der Waals surface area contributed by atoms with E-state index in [1.54, 1.807) is 23.9 Å². The van der Waals surface area contributed by atoms with Crippen molar-refractivity contribution < 1.29 is 8.42 Å². The van der Waals surface area contributed by atoms with Gasteiger partial charge in [0.1, 0.15) is 5.82 Å². The van der Waals surface area contributed by atoms with Crippen molar-refractivity contribution in [3.05, 3.63) is 60.6 Å². The molecular formula is C22H25N5O2S2. The molecule has 0 radical (unpaired) electrons. The van der Waals surface area contributed by atoms with Crippen molar-refractivity contribution in [3.63, 3.8) is 0 Å². The Hall–Kier alpha value is -2.62. The molecule has 0 unspecified atom stereocenters. The highest BCUT2D eigenvalue weighted by atomic mass is 32.2. The molecule has 2 aromatic carbocycles. The average molecular weight is 456 g/mol. The van der Waals surface area contributed by atoms with Crippen LogP contribution in [0.4, 0.5) is 0 Å². The number of fused-ring (bicyclic) bond motifs is 1. The smallest absolute Gasteiger partial charge is 0.242 e. The molecule has 0 amide bonds. The topological polar surface area (TPSA) is 73.0 Å². The van der Waals surface area contributed by atoms with Crippen LogP contribution in [0.1, 0.15) is 12.7 Å². The Bertz CT molecular complexity index is 1320. The van der Waals surface area contributed by atoms with Crippen molar-refractivity contribution >= 4 is 32.8 Å². The number of imidazole rings is 2. The number of aromatic nitrogens is 4. The largest absolute Gasteiger partial charge is 0.328 e. The van der Waals surface area contributed by atoms with Crippen molar-refractivity contribution in [3.8, 4) is 11.3 Å². The summed E-state index contributed by atoms with van der Waals surface area (Å²) in [5, 5.41) is 0.907. The number of benzene rings is 2. The van der Waals surface area contributed by atoms with E-state index in [2.05, 4.69) is 33.2 Å². The lowest BCUT2D eigenvalue weighted by Crippen LogP contribution is -2.22. The van der Waals surface area contributed by atoms with Gasteiger partial charge in [-0.25, -0.2) is 22.7 Å². The maximum atomic E-state index is 12.5. The van der Waals surface area contributed by atoms with Gasteiger partial charge < -0.3 is 9.13 Å². The monoisotopic (exact) mass is 455 g/mol. The second-order valence-corrected chi connectivity index (χ2v) is 10.4. The van der Waals surface area contributed by atoms with Gasteiger partial charge >= 0.3 is 0 Å². The Labute approximate surface area is 186 Å². The van der Waals surface area contributed by atoms with Crippen molar-refractivity contribution in [1.82, 2.24) is 23.4 Å². The van der Waals surface area contributed by atoms with Crippen LogP contribution in [0.2, 0.25) is 0 Å². The highest BCUT2D eigenvalue weighted by Crippen LogP contribution is 2.29. The van der Waals surface area contributed by atoms with E-state index >= 15 is 0 Å². The van der Waals surface area contributed by atoms with E-state index in [1.807, 2.05) is 37.5 Å². The second-order valence-electron chi connectivity index (χ2n) is 7.35. The van der Waals surface area contributed by atoms with Gasteiger partial charge in [-0.05, 0) is 30.7 Å². The molecule has 0 aliphatic rings. The summed E-state index contributed by atoms with van der Waals surface area (Å²) in [6.45, 7) is 2.82. The van der Waals surface area contributed by atoms with E-state index in [9.17, 15) is 8.42 Å². The normalized spacial score (nSPS) is 12.2. The minimum absolute atomic E-state index is 0.251. The average Bonchev–Trinajstić information content (AvgIpc) is 3.31. The number of hydrogen-bond donors (Lipinski definition) is 0. The first-order valence-corrected chi connectivity index (χ1v) is 12.4. The summed E-state index contributed by atoms with van der Waals surface area (Å²) >= 11 is 1.62. The van der Waals surface area contributed by atoms with Gasteiger partial charge in [0.15, 0.2) is 5.16 Å². The molecule has 0 aliphatic carbocycles. The van der Waals surface area contributed by atoms with Gasteiger partial charge in [-0.15, -0.1) is 0 Å². The maximum absolute atomic E-state index is 12.5. The molecule has 0 saturated carbocycles. The van der Waals surface area contributed by atoms with Crippen LogP contribution in [0.15, 0.2) is 64.8 Å². The van der Waals surface area contributed by atoms with Crippen LogP contribution in [0.25, 0.3) is 22.3 Å². The molecule has 0 spiro atoms. The van der Waals surface area contributed by atoms with E-state index in [1.165, 1.54) is 18.4 Å². The minimum Gasteiger partial charge on any atom is -0.328 e. The summed E-state index contributed by atoms with van der Waals surface area (Å²) in [5.41, 5.74) is 3.80. The lowest BCUT2D eigenvalue weighted by molar-refractivity contribution is 0.521. The number of rotatable bonds is 7. The van der Waals surface area contributed by atoms with Crippen LogP contribution in [0.3, 0.4) is 0 Å². The van der Waals surface area contributed by atoms with Crippen LogP contribution < -0.4 is 0 Å². The van der Waals surface area contributed by atoms with E-state index in [-0.39, 0.29) is 4.90 Å². The van der Waals surface area contributed by atoms with Gasteiger partial charge in [0, 0.05) is 27.7 Å². The van der Waals surface area contributed by atoms with Crippen LogP contribution in [-0.2, 0) is 29.4 Å². The summed E-state index contributed by atoms with van der Waals surface area (Å²) in [6.07, 6.45) is 1.89. The fourth-order valence-electron chi connectivity index (χ4n) is 3.53. The van der Waals surface area contributed by atoms with E-state index in [4.69, 9.17) is 4.98 Å². The van der Waals surface area contributed by atoms with E-state index in [0.29, 0.717) is 11.3 Å². The Balaban J connectivity index is 1.63. The number of hydrogen-bond acceptors (Lipinski definition) is 5. The molecular weight excluding hydrogens is 430 g/mol. The third kappa shape index (κ3) is 4.00. The van der Waals surface area contributed by atoms with Gasteiger partial charge in [0.05, 0.1) is 33.6 Å². The second kappa shape index (κ2) is 8.49. The predicted molar refractivity (Wildman–Crippen MR) is 124 cm³/mol. The molecule has 4 aromatic rings. The summed E-state index contributed by atoms with van der Waals surface area (Å²) in [5.74, 6) is 1.53. The maximum Gasteiger partial charge on any atom is 0.242 e. The number of thioether (sulfide) groups is 1. The van der Waals surface area contributed by atoms with E-state index < -0.39 is 10.0 Å². The van der Waals surface area contributed by atoms with Gasteiger partial charge in [-0.2, -0.15) is 0 Å². The molecule has 0 aliphatic heterocycles. The number of nitrogens with zero attached hydrogens (tertiary/aromatic N) is 5.